The van der Waals surface area contributed by atoms with Crippen LogP contribution in [-0.2, 0) is 11.2 Å². The van der Waals surface area contributed by atoms with Crippen molar-refractivity contribution in [1.29, 1.82) is 0 Å². The number of amides is 3. The monoisotopic (exact) mass is 463 g/mol. The average Bonchev–Trinajstić information content (AvgIpc) is 3.32. The van der Waals surface area contributed by atoms with Crippen LogP contribution in [0.3, 0.4) is 0 Å². The normalized spacial score (nSPS) is 10.5. The average molecular weight is 464 g/mol. The van der Waals surface area contributed by atoms with Gasteiger partial charge >= 0.3 is 6.03 Å². The van der Waals surface area contributed by atoms with Gasteiger partial charge in [-0.2, -0.15) is 11.3 Å². The Balaban J connectivity index is 1.42. The predicted molar refractivity (Wildman–Crippen MR) is 127 cm³/mol. The lowest BCUT2D eigenvalue weighted by Gasteiger charge is -2.12. The Kier molecular flexibility index (Phi) is 6.70. The fourth-order valence-electron chi connectivity index (χ4n) is 3.18. The van der Waals surface area contributed by atoms with Crippen molar-refractivity contribution in [3.05, 3.63) is 71.1 Å². The number of hydrogen-bond donors (Lipinski definition) is 2. The van der Waals surface area contributed by atoms with E-state index in [1.807, 2.05) is 22.9 Å². The largest absolute Gasteiger partial charge is 0.493 e. The summed E-state index contributed by atoms with van der Waals surface area (Å²) in [6, 6.07) is 13.4. The summed E-state index contributed by atoms with van der Waals surface area (Å²) in [5.41, 5.74) is 2.09. The van der Waals surface area contributed by atoms with Gasteiger partial charge in [0, 0.05) is 23.3 Å². The molecule has 4 rings (SSSR count). The van der Waals surface area contributed by atoms with E-state index >= 15 is 0 Å². The molecule has 4 aromatic rings. The molecule has 0 saturated carbocycles. The fraction of sp³-hybridized carbons (Fsp3) is 0.125. The maximum Gasteiger partial charge on any atom is 0.325 e. The molecule has 2 aromatic carbocycles. The van der Waals surface area contributed by atoms with E-state index in [0.29, 0.717) is 34.2 Å². The highest BCUT2D eigenvalue weighted by Crippen LogP contribution is 2.36. The number of carbonyl (C=O) groups is 2. The van der Waals surface area contributed by atoms with Crippen LogP contribution in [0.5, 0.6) is 23.0 Å². The first-order valence-corrected chi connectivity index (χ1v) is 10.9. The number of aromatic nitrogens is 1. The number of fused-ring (bicyclic) bond motifs is 1. The molecule has 0 saturated heterocycles. The number of nitrogens with one attached hydrogen (secondary N) is 2. The predicted octanol–water partition coefficient (Wildman–Crippen LogP) is 5.00. The van der Waals surface area contributed by atoms with E-state index in [0.717, 1.165) is 10.9 Å². The molecule has 9 heteroatoms. The molecule has 0 radical (unpaired) electrons. The number of carbonyl (C=O) groups excluding carboxylic acids is 2. The zero-order valence-corrected chi connectivity index (χ0v) is 18.8. The van der Waals surface area contributed by atoms with Crippen molar-refractivity contribution in [3.63, 3.8) is 0 Å². The summed E-state index contributed by atoms with van der Waals surface area (Å²) < 4.78 is 16.7. The van der Waals surface area contributed by atoms with Crippen molar-refractivity contribution in [3.8, 4) is 23.0 Å². The van der Waals surface area contributed by atoms with Gasteiger partial charge in [-0.3, -0.25) is 15.1 Å². The molecule has 2 aromatic heterocycles. The molecule has 0 fully saturated rings. The van der Waals surface area contributed by atoms with E-state index < -0.39 is 6.03 Å². The van der Waals surface area contributed by atoms with E-state index in [1.54, 1.807) is 56.8 Å². The smallest absolute Gasteiger partial charge is 0.325 e. The van der Waals surface area contributed by atoms with Gasteiger partial charge < -0.3 is 19.5 Å². The number of hydrogen-bond acceptors (Lipinski definition) is 7. The number of methoxy groups -OCH3 is 2. The van der Waals surface area contributed by atoms with Gasteiger partial charge in [-0.25, -0.2) is 4.79 Å². The Morgan fingerprint density at radius 2 is 1.73 bits per heavy atom. The van der Waals surface area contributed by atoms with E-state index in [9.17, 15) is 9.59 Å². The van der Waals surface area contributed by atoms with Gasteiger partial charge in [-0.15, -0.1) is 0 Å². The first kappa shape index (κ1) is 22.1. The molecule has 0 spiro atoms. The maximum absolute atomic E-state index is 12.1. The summed E-state index contributed by atoms with van der Waals surface area (Å²) in [5.74, 6) is 1.94. The lowest BCUT2D eigenvalue weighted by Crippen LogP contribution is -2.35. The Morgan fingerprint density at radius 1 is 0.970 bits per heavy atom. The minimum Gasteiger partial charge on any atom is -0.493 e. The summed E-state index contributed by atoms with van der Waals surface area (Å²) in [4.78, 5) is 28.4. The van der Waals surface area contributed by atoms with Crippen LogP contribution in [0.1, 0.15) is 5.56 Å². The number of urea groups is 1. The number of ether oxygens (including phenoxy) is 3. The number of benzene rings is 2. The maximum atomic E-state index is 12.1. The van der Waals surface area contributed by atoms with Crippen LogP contribution in [-0.4, -0.2) is 31.1 Å². The highest BCUT2D eigenvalue weighted by Gasteiger charge is 2.12. The van der Waals surface area contributed by atoms with Crippen molar-refractivity contribution in [2.75, 3.05) is 19.5 Å². The topological polar surface area (TPSA) is 98.8 Å². The van der Waals surface area contributed by atoms with Gasteiger partial charge in [0.15, 0.2) is 11.5 Å². The molecule has 168 valence electrons. The van der Waals surface area contributed by atoms with Gasteiger partial charge in [0.25, 0.3) is 0 Å². The molecule has 0 aliphatic carbocycles. The Bertz CT molecular complexity index is 1270. The fourth-order valence-corrected chi connectivity index (χ4v) is 3.85. The van der Waals surface area contributed by atoms with Crippen molar-refractivity contribution < 1.29 is 23.8 Å². The molecule has 8 nitrogen and oxygen atoms in total. The molecular weight excluding hydrogens is 442 g/mol. The summed E-state index contributed by atoms with van der Waals surface area (Å²) in [7, 11) is 3.14. The van der Waals surface area contributed by atoms with E-state index in [1.165, 1.54) is 11.3 Å². The van der Waals surface area contributed by atoms with Gasteiger partial charge in [0.2, 0.25) is 5.91 Å². The Hall–Kier alpha value is -4.11. The van der Waals surface area contributed by atoms with Crippen LogP contribution in [0.25, 0.3) is 10.9 Å². The number of rotatable bonds is 7. The third-order valence-corrected chi connectivity index (χ3v) is 5.48. The Labute approximate surface area is 194 Å². The highest BCUT2D eigenvalue weighted by atomic mass is 32.1. The molecule has 0 atom stereocenters. The summed E-state index contributed by atoms with van der Waals surface area (Å²) in [6.07, 6.45) is 1.80. The number of nitrogens with zero attached hydrogens (tertiary/aromatic N) is 1. The minimum atomic E-state index is -0.593. The standard InChI is InChI=1S/C24H21N3O5S/c1-30-21-12-18-19(13-22(21)31-2)25-9-7-20(18)32-17-5-3-16(4-6-17)26-24(29)27-23(28)11-15-8-10-33-14-15/h3-10,12-14H,11H2,1-2H3,(H2,26,27,28,29). The quantitative estimate of drug-likeness (QED) is 0.400. The summed E-state index contributed by atoms with van der Waals surface area (Å²) >= 11 is 1.50. The second-order valence-corrected chi connectivity index (χ2v) is 7.75. The second kappa shape index (κ2) is 10.0. The number of anilines is 1. The van der Waals surface area contributed by atoms with Crippen LogP contribution >= 0.6 is 11.3 Å². The van der Waals surface area contributed by atoms with Crippen molar-refractivity contribution >= 4 is 39.9 Å². The zero-order valence-electron chi connectivity index (χ0n) is 18.0. The van der Waals surface area contributed by atoms with Crippen molar-refractivity contribution in [2.45, 2.75) is 6.42 Å². The number of thiophene rings is 1. The summed E-state index contributed by atoms with van der Waals surface area (Å²) in [5, 5.41) is 9.47. The molecule has 0 aliphatic heterocycles. The van der Waals surface area contributed by atoms with Crippen molar-refractivity contribution in [2.24, 2.45) is 0 Å². The first-order chi connectivity index (χ1) is 16.1. The third kappa shape index (κ3) is 5.39. The number of pyridine rings is 1. The molecule has 0 aliphatic rings. The van der Waals surface area contributed by atoms with E-state index in [2.05, 4.69) is 15.6 Å². The minimum absolute atomic E-state index is 0.153. The van der Waals surface area contributed by atoms with Gasteiger partial charge in [0.1, 0.15) is 11.5 Å². The van der Waals surface area contributed by atoms with Crippen LogP contribution in [0.15, 0.2) is 65.5 Å². The molecule has 3 amide bonds. The summed E-state index contributed by atoms with van der Waals surface area (Å²) in [6.45, 7) is 0. The third-order valence-electron chi connectivity index (χ3n) is 4.74. The number of imide groups is 1. The zero-order chi connectivity index (χ0) is 23.2. The highest BCUT2D eigenvalue weighted by molar-refractivity contribution is 7.08. The van der Waals surface area contributed by atoms with Gasteiger partial charge in [-0.1, -0.05) is 0 Å². The molecule has 33 heavy (non-hydrogen) atoms. The molecule has 0 unspecified atom stereocenters. The van der Waals surface area contributed by atoms with E-state index in [-0.39, 0.29) is 12.3 Å². The Morgan fingerprint density at radius 3 is 2.42 bits per heavy atom. The lowest BCUT2D eigenvalue weighted by molar-refractivity contribution is -0.119. The van der Waals surface area contributed by atoms with Crippen LogP contribution in [0, 0.1) is 0 Å². The van der Waals surface area contributed by atoms with Gasteiger partial charge in [0.05, 0.1) is 26.2 Å². The molecular formula is C24H21N3O5S. The van der Waals surface area contributed by atoms with Gasteiger partial charge in [-0.05, 0) is 58.8 Å². The van der Waals surface area contributed by atoms with Crippen LogP contribution in [0.4, 0.5) is 10.5 Å². The van der Waals surface area contributed by atoms with Crippen LogP contribution < -0.4 is 24.8 Å². The lowest BCUT2D eigenvalue weighted by atomic mass is 10.2. The molecule has 2 heterocycles. The van der Waals surface area contributed by atoms with Crippen LogP contribution in [0.2, 0.25) is 0 Å². The molecule has 0 bridgehead atoms. The second-order valence-electron chi connectivity index (χ2n) is 6.97. The van der Waals surface area contributed by atoms with E-state index in [4.69, 9.17) is 14.2 Å². The molecule has 2 N–H and O–H groups in total. The first-order valence-electron chi connectivity index (χ1n) is 9.96. The van der Waals surface area contributed by atoms with Crippen molar-refractivity contribution in [1.82, 2.24) is 10.3 Å². The SMILES string of the molecule is COc1cc2nccc(Oc3ccc(NC(=O)NC(=O)Cc4ccsc4)cc3)c2cc1OC.